The Labute approximate surface area is 108 Å². The van der Waals surface area contributed by atoms with Crippen molar-refractivity contribution in [2.45, 2.75) is 38.1 Å². The van der Waals surface area contributed by atoms with Gasteiger partial charge in [-0.1, -0.05) is 29.8 Å². The van der Waals surface area contributed by atoms with Crippen molar-refractivity contribution >= 4 is 0 Å². The molecule has 3 heteroatoms. The van der Waals surface area contributed by atoms with Crippen LogP contribution in [0.15, 0.2) is 24.3 Å². The molecule has 2 saturated heterocycles. The number of hydrogen-bond donors (Lipinski definition) is 1. The molecule has 2 aliphatic rings. The zero-order valence-electron chi connectivity index (χ0n) is 10.9. The molecule has 1 aromatic rings. The maximum absolute atomic E-state index is 10.3. The number of rotatable bonds is 3. The molecule has 98 valence electrons. The molecule has 2 heterocycles. The molecule has 2 aliphatic heterocycles. The van der Waals surface area contributed by atoms with E-state index in [1.807, 2.05) is 12.1 Å². The van der Waals surface area contributed by atoms with Gasteiger partial charge >= 0.3 is 0 Å². The molecule has 1 N–H and O–H groups in total. The van der Waals surface area contributed by atoms with Crippen molar-refractivity contribution in [1.29, 1.82) is 0 Å². The van der Waals surface area contributed by atoms with Gasteiger partial charge in [0.25, 0.3) is 0 Å². The monoisotopic (exact) mass is 247 g/mol. The third-order valence-corrected chi connectivity index (χ3v) is 4.01. The minimum atomic E-state index is -0.386. The van der Waals surface area contributed by atoms with E-state index in [9.17, 15) is 5.11 Å². The summed E-state index contributed by atoms with van der Waals surface area (Å²) in [5.74, 6) is 0. The van der Waals surface area contributed by atoms with Crippen LogP contribution < -0.4 is 0 Å². The number of aryl methyl sites for hydroxylation is 1. The fourth-order valence-corrected chi connectivity index (χ4v) is 2.99. The van der Waals surface area contributed by atoms with Crippen LogP contribution in [0, 0.1) is 6.92 Å². The highest BCUT2D eigenvalue weighted by Crippen LogP contribution is 2.27. The van der Waals surface area contributed by atoms with Gasteiger partial charge in [0.2, 0.25) is 0 Å². The summed E-state index contributed by atoms with van der Waals surface area (Å²) in [4.78, 5) is 2.34. The summed E-state index contributed by atoms with van der Waals surface area (Å²) in [6.45, 7) is 4.73. The van der Waals surface area contributed by atoms with E-state index in [1.165, 1.54) is 18.4 Å². The number of ether oxygens (including phenoxy) is 1. The smallest absolute Gasteiger partial charge is 0.0916 e. The molecule has 18 heavy (non-hydrogen) atoms. The molecule has 0 saturated carbocycles. The topological polar surface area (TPSA) is 32.7 Å². The van der Waals surface area contributed by atoms with E-state index in [0.717, 1.165) is 25.2 Å². The minimum Gasteiger partial charge on any atom is -0.387 e. The van der Waals surface area contributed by atoms with Crippen LogP contribution >= 0.6 is 0 Å². The van der Waals surface area contributed by atoms with E-state index >= 15 is 0 Å². The average molecular weight is 247 g/mol. The minimum absolute atomic E-state index is 0.386. The first-order valence-corrected chi connectivity index (χ1v) is 6.83. The van der Waals surface area contributed by atoms with Gasteiger partial charge in [-0.3, -0.25) is 4.90 Å². The maximum Gasteiger partial charge on any atom is 0.0916 e. The maximum atomic E-state index is 10.3. The third kappa shape index (κ3) is 2.58. The van der Waals surface area contributed by atoms with Crippen molar-refractivity contribution < 1.29 is 9.84 Å². The SMILES string of the molecule is Cc1ccc(C(O)CN2CC3CCC(C2)O3)cc1. The standard InChI is InChI=1S/C15H21NO2/c1-11-2-4-12(5-3-11)15(17)10-16-8-13-6-7-14(9-16)18-13/h2-5,13-15,17H,6-10H2,1H3. The Bertz CT molecular complexity index is 391. The molecule has 3 nitrogen and oxygen atoms in total. The van der Waals surface area contributed by atoms with Crippen molar-refractivity contribution in [2.75, 3.05) is 19.6 Å². The molecule has 3 unspecified atom stereocenters. The van der Waals surface area contributed by atoms with Crippen LogP contribution in [0.1, 0.15) is 30.1 Å². The second kappa shape index (κ2) is 5.00. The lowest BCUT2D eigenvalue weighted by molar-refractivity contribution is -0.0497. The van der Waals surface area contributed by atoms with Gasteiger partial charge < -0.3 is 9.84 Å². The van der Waals surface area contributed by atoms with Crippen LogP contribution in [0.4, 0.5) is 0 Å². The summed E-state index contributed by atoms with van der Waals surface area (Å²) >= 11 is 0. The van der Waals surface area contributed by atoms with Crippen molar-refractivity contribution in [1.82, 2.24) is 4.90 Å². The van der Waals surface area contributed by atoms with Crippen molar-refractivity contribution in [3.63, 3.8) is 0 Å². The van der Waals surface area contributed by atoms with E-state index in [0.29, 0.717) is 12.2 Å². The quantitative estimate of drug-likeness (QED) is 0.885. The van der Waals surface area contributed by atoms with Gasteiger partial charge in [-0.15, -0.1) is 0 Å². The predicted octanol–water partition coefficient (Wildman–Crippen LogP) is 1.89. The Morgan fingerprint density at radius 1 is 1.22 bits per heavy atom. The summed E-state index contributed by atoms with van der Waals surface area (Å²) in [5.41, 5.74) is 2.25. The average Bonchev–Trinajstić information content (AvgIpc) is 2.69. The lowest BCUT2D eigenvalue weighted by Crippen LogP contribution is -2.44. The number of benzene rings is 1. The number of morpholine rings is 1. The highest BCUT2D eigenvalue weighted by atomic mass is 16.5. The Hall–Kier alpha value is -0.900. The Morgan fingerprint density at radius 2 is 1.83 bits per heavy atom. The predicted molar refractivity (Wildman–Crippen MR) is 70.5 cm³/mol. The number of likely N-dealkylation sites (tertiary alicyclic amines) is 1. The second-order valence-corrected chi connectivity index (χ2v) is 5.60. The summed E-state index contributed by atoms with van der Waals surface area (Å²) in [7, 11) is 0. The largest absolute Gasteiger partial charge is 0.387 e. The number of aliphatic hydroxyl groups excluding tert-OH is 1. The van der Waals surface area contributed by atoms with Gasteiger partial charge in [0.15, 0.2) is 0 Å². The molecule has 0 aromatic heterocycles. The van der Waals surface area contributed by atoms with Crippen LogP contribution in [0.2, 0.25) is 0 Å². The van der Waals surface area contributed by atoms with E-state index in [-0.39, 0.29) is 6.10 Å². The van der Waals surface area contributed by atoms with Crippen LogP contribution in [0.3, 0.4) is 0 Å². The van der Waals surface area contributed by atoms with Gasteiger partial charge in [-0.05, 0) is 25.3 Å². The highest BCUT2D eigenvalue weighted by molar-refractivity contribution is 5.23. The number of β-amino-alcohol motifs (C(OH)–C–C–N with tert-alkyl or cyclic N) is 1. The lowest BCUT2D eigenvalue weighted by atomic mass is 10.1. The summed E-state index contributed by atoms with van der Waals surface area (Å²) in [5, 5.41) is 10.3. The first kappa shape index (κ1) is 12.2. The number of nitrogens with zero attached hydrogens (tertiary/aromatic N) is 1. The first-order valence-electron chi connectivity index (χ1n) is 6.83. The summed E-state index contributed by atoms with van der Waals surface area (Å²) in [6.07, 6.45) is 2.77. The fourth-order valence-electron chi connectivity index (χ4n) is 2.99. The summed E-state index contributed by atoms with van der Waals surface area (Å²) in [6, 6.07) is 8.16. The molecular formula is C15H21NO2. The Kier molecular flexibility index (Phi) is 3.37. The highest BCUT2D eigenvalue weighted by Gasteiger charge is 2.34. The van der Waals surface area contributed by atoms with E-state index in [1.54, 1.807) is 0 Å². The molecule has 3 rings (SSSR count). The zero-order chi connectivity index (χ0) is 12.5. The van der Waals surface area contributed by atoms with Crippen molar-refractivity contribution in [3.8, 4) is 0 Å². The van der Waals surface area contributed by atoms with Gasteiger partial charge in [0.05, 0.1) is 18.3 Å². The lowest BCUT2D eigenvalue weighted by Gasteiger charge is -2.33. The number of fused-ring (bicyclic) bond motifs is 2. The van der Waals surface area contributed by atoms with Gasteiger partial charge in [-0.2, -0.15) is 0 Å². The van der Waals surface area contributed by atoms with Crippen LogP contribution in [-0.4, -0.2) is 41.8 Å². The summed E-state index contributed by atoms with van der Waals surface area (Å²) < 4.78 is 5.81. The Morgan fingerprint density at radius 3 is 2.44 bits per heavy atom. The molecule has 1 aromatic carbocycles. The van der Waals surface area contributed by atoms with Gasteiger partial charge in [0, 0.05) is 19.6 Å². The zero-order valence-corrected chi connectivity index (χ0v) is 10.9. The van der Waals surface area contributed by atoms with Crippen LogP contribution in [-0.2, 0) is 4.74 Å². The van der Waals surface area contributed by atoms with Crippen LogP contribution in [0.25, 0.3) is 0 Å². The molecule has 0 aliphatic carbocycles. The molecule has 2 bridgehead atoms. The molecule has 0 amide bonds. The third-order valence-electron chi connectivity index (χ3n) is 4.01. The molecular weight excluding hydrogens is 226 g/mol. The normalized spacial score (nSPS) is 29.4. The van der Waals surface area contributed by atoms with Crippen molar-refractivity contribution in [3.05, 3.63) is 35.4 Å². The van der Waals surface area contributed by atoms with Gasteiger partial charge in [0.1, 0.15) is 0 Å². The van der Waals surface area contributed by atoms with Gasteiger partial charge in [-0.25, -0.2) is 0 Å². The van der Waals surface area contributed by atoms with Crippen LogP contribution in [0.5, 0.6) is 0 Å². The number of hydrogen-bond acceptors (Lipinski definition) is 3. The fraction of sp³-hybridized carbons (Fsp3) is 0.600. The molecule has 0 spiro atoms. The van der Waals surface area contributed by atoms with E-state index in [2.05, 4.69) is 24.0 Å². The van der Waals surface area contributed by atoms with E-state index < -0.39 is 0 Å². The molecule has 3 atom stereocenters. The molecule has 0 radical (unpaired) electrons. The Balaban J connectivity index is 1.60. The number of aliphatic hydroxyl groups is 1. The second-order valence-electron chi connectivity index (χ2n) is 5.60. The van der Waals surface area contributed by atoms with Crippen molar-refractivity contribution in [2.24, 2.45) is 0 Å². The van der Waals surface area contributed by atoms with E-state index in [4.69, 9.17) is 4.74 Å². The molecule has 2 fully saturated rings. The first-order chi connectivity index (χ1) is 8.70.